The van der Waals surface area contributed by atoms with Crippen LogP contribution in [0, 0.1) is 32.1 Å². The highest BCUT2D eigenvalue weighted by molar-refractivity contribution is 7.07. The maximum absolute atomic E-state index is 13.6. The Morgan fingerprint density at radius 2 is 1.68 bits per heavy atom. The minimum atomic E-state index is -0.556. The summed E-state index contributed by atoms with van der Waals surface area (Å²) in [5, 5.41) is 12.8. The van der Waals surface area contributed by atoms with Crippen molar-refractivity contribution in [3.05, 3.63) is 115 Å². The number of rotatable bonds is 4. The maximum Gasteiger partial charge on any atom is 0.273 e. The van der Waals surface area contributed by atoms with Crippen molar-refractivity contribution in [1.29, 1.82) is 5.26 Å². The van der Waals surface area contributed by atoms with Gasteiger partial charge in [0, 0.05) is 5.69 Å². The third-order valence-corrected chi connectivity index (χ3v) is 6.58. The van der Waals surface area contributed by atoms with Crippen LogP contribution in [0.2, 0.25) is 0 Å². The number of aryl methyl sites for hydroxylation is 3. The molecule has 4 aromatic rings. The zero-order chi connectivity index (χ0) is 24.2. The van der Waals surface area contributed by atoms with E-state index in [0.717, 1.165) is 33.6 Å². The van der Waals surface area contributed by atoms with Gasteiger partial charge in [0.15, 0.2) is 5.57 Å². The van der Waals surface area contributed by atoms with Gasteiger partial charge in [0.05, 0.1) is 10.2 Å². The summed E-state index contributed by atoms with van der Waals surface area (Å²) in [6.07, 6.45) is 1.81. The van der Waals surface area contributed by atoms with Gasteiger partial charge in [-0.2, -0.15) is 5.26 Å². The number of nitrogens with one attached hydrogen (secondary N) is 1. The van der Waals surface area contributed by atoms with Gasteiger partial charge in [0.25, 0.3) is 11.5 Å². The van der Waals surface area contributed by atoms with E-state index in [1.165, 1.54) is 4.57 Å². The smallest absolute Gasteiger partial charge is 0.273 e. The number of amides is 1. The average molecular weight is 466 g/mol. The zero-order valence-corrected chi connectivity index (χ0v) is 19.9. The molecule has 5 nitrogen and oxygen atoms in total. The van der Waals surface area contributed by atoms with E-state index in [0.29, 0.717) is 20.6 Å². The Kier molecular flexibility index (Phi) is 6.58. The number of thiazole rings is 1. The van der Waals surface area contributed by atoms with Crippen LogP contribution >= 0.6 is 11.3 Å². The summed E-state index contributed by atoms with van der Waals surface area (Å²) in [5.41, 5.74) is 4.63. The van der Waals surface area contributed by atoms with Crippen LogP contribution in [0.4, 0.5) is 5.69 Å². The molecule has 0 fully saturated rings. The van der Waals surface area contributed by atoms with Crippen molar-refractivity contribution in [2.75, 3.05) is 5.32 Å². The Morgan fingerprint density at radius 1 is 0.971 bits per heavy atom. The van der Waals surface area contributed by atoms with Crippen LogP contribution in [0.25, 0.3) is 17.3 Å². The number of aromatic nitrogens is 1. The highest BCUT2D eigenvalue weighted by Crippen LogP contribution is 2.13. The molecule has 4 rings (SSSR count). The molecule has 0 aliphatic rings. The monoisotopic (exact) mass is 465 g/mol. The average Bonchev–Trinajstić information content (AvgIpc) is 3.11. The van der Waals surface area contributed by atoms with Crippen LogP contribution in [0.15, 0.2) is 77.6 Å². The number of para-hydroxylation sites is 1. The van der Waals surface area contributed by atoms with Crippen LogP contribution in [0.5, 0.6) is 0 Å². The van der Waals surface area contributed by atoms with E-state index in [1.807, 2.05) is 99.6 Å². The molecule has 0 radical (unpaired) electrons. The van der Waals surface area contributed by atoms with E-state index in [4.69, 9.17) is 0 Å². The third kappa shape index (κ3) is 4.61. The van der Waals surface area contributed by atoms with E-state index in [9.17, 15) is 14.9 Å². The van der Waals surface area contributed by atoms with E-state index >= 15 is 0 Å². The first-order valence-corrected chi connectivity index (χ1v) is 11.6. The van der Waals surface area contributed by atoms with E-state index in [2.05, 4.69) is 5.32 Å². The van der Waals surface area contributed by atoms with Gasteiger partial charge in [-0.25, -0.2) is 0 Å². The van der Waals surface area contributed by atoms with Crippen molar-refractivity contribution in [3.8, 4) is 11.8 Å². The Balaban J connectivity index is 2.00. The van der Waals surface area contributed by atoms with E-state index in [1.54, 1.807) is 6.07 Å². The largest absolute Gasteiger partial charge is 0.321 e. The van der Waals surface area contributed by atoms with Gasteiger partial charge in [-0.3, -0.25) is 14.2 Å². The number of benzene rings is 3. The lowest BCUT2D eigenvalue weighted by Gasteiger charge is -2.08. The first-order valence-electron chi connectivity index (χ1n) is 10.8. The van der Waals surface area contributed by atoms with Gasteiger partial charge >= 0.3 is 0 Å². The summed E-state index contributed by atoms with van der Waals surface area (Å²) in [7, 11) is 0. The zero-order valence-electron chi connectivity index (χ0n) is 19.1. The van der Waals surface area contributed by atoms with Crippen molar-refractivity contribution in [1.82, 2.24) is 4.57 Å². The van der Waals surface area contributed by atoms with Crippen molar-refractivity contribution in [2.45, 2.75) is 20.8 Å². The van der Waals surface area contributed by atoms with Crippen molar-refractivity contribution in [2.24, 2.45) is 0 Å². The lowest BCUT2D eigenvalue weighted by molar-refractivity contribution is -0.111. The molecule has 0 saturated heterocycles. The first kappa shape index (κ1) is 23.0. The molecule has 0 aliphatic heterocycles. The lowest BCUT2D eigenvalue weighted by Crippen LogP contribution is -2.32. The Morgan fingerprint density at radius 3 is 2.35 bits per heavy atom. The van der Waals surface area contributed by atoms with Crippen LogP contribution in [0.3, 0.4) is 0 Å². The number of carbonyl (C=O) groups excluding carboxylic acids is 1. The molecule has 3 aromatic carbocycles. The second-order valence-electron chi connectivity index (χ2n) is 8.01. The molecule has 0 saturated carbocycles. The van der Waals surface area contributed by atoms with Crippen molar-refractivity contribution in [3.63, 3.8) is 0 Å². The minimum Gasteiger partial charge on any atom is -0.321 e. The molecule has 168 valence electrons. The molecule has 34 heavy (non-hydrogen) atoms. The summed E-state index contributed by atoms with van der Waals surface area (Å²) in [6, 6.07) is 24.6. The number of hydrogen-bond donors (Lipinski definition) is 1. The highest BCUT2D eigenvalue weighted by Gasteiger charge is 2.18. The minimum absolute atomic E-state index is 0.115. The standard InChI is InChI=1S/C28H23N3O2S/c1-18-9-8-13-22(15-18)30-26(32)23(17-29)28-31(24-14-7-5-11-20(24)3)27(33)25(34-28)16-21-12-6-4-10-19(21)2/h4-16H,1-3H3,(H,30,32). The fourth-order valence-electron chi connectivity index (χ4n) is 3.69. The maximum atomic E-state index is 13.6. The van der Waals surface area contributed by atoms with E-state index in [-0.39, 0.29) is 11.1 Å². The summed E-state index contributed by atoms with van der Waals surface area (Å²) < 4.78 is 2.22. The number of carbonyl (C=O) groups is 1. The lowest BCUT2D eigenvalue weighted by atomic mass is 10.1. The molecule has 1 N–H and O–H groups in total. The number of nitriles is 1. The molecule has 1 amide bonds. The number of hydrogen-bond acceptors (Lipinski definition) is 4. The SMILES string of the molecule is Cc1cccc(NC(=O)C(C#N)=c2sc(=Cc3ccccc3C)c(=O)n2-c2ccccc2C)c1. The Labute approximate surface area is 201 Å². The van der Waals surface area contributed by atoms with Crippen molar-refractivity contribution >= 4 is 34.6 Å². The summed E-state index contributed by atoms with van der Waals surface area (Å²) in [5.74, 6) is -0.556. The first-order chi connectivity index (χ1) is 16.4. The van der Waals surface area contributed by atoms with Gasteiger partial charge < -0.3 is 5.32 Å². The summed E-state index contributed by atoms with van der Waals surface area (Å²) in [6.45, 7) is 5.79. The molecule has 6 heteroatoms. The van der Waals surface area contributed by atoms with Crippen LogP contribution in [0.1, 0.15) is 22.3 Å². The van der Waals surface area contributed by atoms with Gasteiger partial charge in [0.2, 0.25) is 0 Å². The van der Waals surface area contributed by atoms with Gasteiger partial charge in [0.1, 0.15) is 10.7 Å². The molecule has 0 unspecified atom stereocenters. The Bertz CT molecular complexity index is 1620. The normalized spacial score (nSPS) is 12.2. The fraction of sp³-hybridized carbons (Fsp3) is 0.107. The predicted molar refractivity (Wildman–Crippen MR) is 137 cm³/mol. The topological polar surface area (TPSA) is 74.9 Å². The van der Waals surface area contributed by atoms with Gasteiger partial charge in [-0.15, -0.1) is 11.3 Å². The van der Waals surface area contributed by atoms with Crippen LogP contribution < -0.4 is 20.1 Å². The van der Waals surface area contributed by atoms with Gasteiger partial charge in [-0.1, -0.05) is 54.6 Å². The van der Waals surface area contributed by atoms with E-state index < -0.39 is 5.91 Å². The van der Waals surface area contributed by atoms with Crippen LogP contribution in [-0.4, -0.2) is 10.5 Å². The van der Waals surface area contributed by atoms with Crippen LogP contribution in [-0.2, 0) is 4.79 Å². The Hall–Kier alpha value is -4.21. The molecule has 0 atom stereocenters. The molecule has 1 aromatic heterocycles. The molecule has 1 heterocycles. The molecule has 0 spiro atoms. The summed E-state index contributed by atoms with van der Waals surface area (Å²) in [4.78, 5) is 26.8. The molecular weight excluding hydrogens is 442 g/mol. The molecular formula is C28H23N3O2S. The van der Waals surface area contributed by atoms with Crippen molar-refractivity contribution < 1.29 is 4.79 Å². The number of anilines is 1. The summed E-state index contributed by atoms with van der Waals surface area (Å²) >= 11 is 1.14. The second kappa shape index (κ2) is 9.74. The third-order valence-electron chi connectivity index (χ3n) is 5.48. The number of nitrogens with zero attached hydrogens (tertiary/aromatic N) is 2. The predicted octanol–water partition coefficient (Wildman–Crippen LogP) is 3.97. The highest BCUT2D eigenvalue weighted by atomic mass is 32.1. The molecule has 0 bridgehead atoms. The second-order valence-corrected chi connectivity index (χ2v) is 9.04. The fourth-order valence-corrected chi connectivity index (χ4v) is 4.77. The van der Waals surface area contributed by atoms with Gasteiger partial charge in [-0.05, 0) is 67.3 Å². The molecule has 0 aliphatic carbocycles. The quantitative estimate of drug-likeness (QED) is 0.496.